The average molecular weight is 515 g/mol. The van der Waals surface area contributed by atoms with Crippen molar-refractivity contribution in [2.24, 2.45) is 5.92 Å². The lowest BCUT2D eigenvalue weighted by molar-refractivity contribution is -0.134. The fourth-order valence-corrected chi connectivity index (χ4v) is 6.16. The van der Waals surface area contributed by atoms with E-state index in [-0.39, 0.29) is 38.0 Å². The highest BCUT2D eigenvalue weighted by molar-refractivity contribution is 6.04. The van der Waals surface area contributed by atoms with E-state index in [1.54, 1.807) is 19.2 Å². The Morgan fingerprint density at radius 1 is 1.14 bits per heavy atom. The van der Waals surface area contributed by atoms with Crippen LogP contribution in [-0.2, 0) is 20.9 Å². The topological polar surface area (TPSA) is 101 Å². The van der Waals surface area contributed by atoms with Crippen molar-refractivity contribution in [2.45, 2.75) is 63.6 Å². The lowest BCUT2D eigenvalue weighted by atomic mass is 9.83. The van der Waals surface area contributed by atoms with Crippen molar-refractivity contribution in [3.05, 3.63) is 23.8 Å². The van der Waals surface area contributed by atoms with Gasteiger partial charge < -0.3 is 29.3 Å². The van der Waals surface area contributed by atoms with Crippen LogP contribution in [0.5, 0.6) is 11.5 Å². The quantitative estimate of drug-likeness (QED) is 0.479. The van der Waals surface area contributed by atoms with E-state index < -0.39 is 12.1 Å². The summed E-state index contributed by atoms with van der Waals surface area (Å²) in [4.78, 5) is 44.6. The highest BCUT2D eigenvalue weighted by Crippen LogP contribution is 2.33. The van der Waals surface area contributed by atoms with Crippen molar-refractivity contribution in [2.75, 3.05) is 46.7 Å². The van der Waals surface area contributed by atoms with Gasteiger partial charge in [-0.05, 0) is 68.8 Å². The second kappa shape index (κ2) is 11.7. The van der Waals surface area contributed by atoms with Gasteiger partial charge in [0.15, 0.2) is 11.5 Å². The third-order valence-electron chi connectivity index (χ3n) is 8.13. The van der Waals surface area contributed by atoms with Crippen molar-refractivity contribution in [1.82, 2.24) is 20.0 Å². The molecule has 1 N–H and O–H groups in total. The number of carbonyl (C=O) groups excluding carboxylic acids is 3. The summed E-state index contributed by atoms with van der Waals surface area (Å²) in [5.74, 6) is 1.45. The number of methoxy groups -OCH3 is 1. The van der Waals surface area contributed by atoms with Gasteiger partial charge in [0.25, 0.3) is 5.91 Å². The second-order valence-electron chi connectivity index (χ2n) is 10.5. The number of nitrogens with one attached hydrogen (secondary N) is 1. The molecule has 10 nitrogen and oxygen atoms in total. The van der Waals surface area contributed by atoms with Crippen molar-refractivity contribution in [1.29, 1.82) is 0 Å². The number of nitrogens with zero attached hydrogens (tertiary/aromatic N) is 3. The number of hydrogen-bond donors (Lipinski definition) is 1. The lowest BCUT2D eigenvalue weighted by Gasteiger charge is -2.45. The zero-order chi connectivity index (χ0) is 25.8. The van der Waals surface area contributed by atoms with E-state index in [9.17, 15) is 14.4 Å². The molecule has 3 saturated heterocycles. The SMILES string of the molecule is COCCN(C[C@@H]1CCCN2CCCC[C@@H]12)C(=O)CC[C@H]1NC(=O)N(Cc2ccc3c(c2)OCO3)C1=O. The molecule has 4 aliphatic heterocycles. The molecule has 0 spiro atoms. The third-order valence-corrected chi connectivity index (χ3v) is 8.13. The molecular formula is C27H38N4O6. The van der Waals surface area contributed by atoms with Gasteiger partial charge in [0, 0.05) is 32.7 Å². The maximum atomic E-state index is 13.3. The van der Waals surface area contributed by atoms with E-state index in [1.807, 2.05) is 11.0 Å². The first-order valence-corrected chi connectivity index (χ1v) is 13.5. The zero-order valence-electron chi connectivity index (χ0n) is 21.7. The van der Waals surface area contributed by atoms with E-state index in [1.165, 1.54) is 43.7 Å². The molecule has 1 aromatic carbocycles. The highest BCUT2D eigenvalue weighted by atomic mass is 16.7. The summed E-state index contributed by atoms with van der Waals surface area (Å²) in [5, 5.41) is 2.76. The number of fused-ring (bicyclic) bond motifs is 2. The molecule has 3 fully saturated rings. The Balaban J connectivity index is 1.16. The number of carbonyl (C=O) groups is 3. The van der Waals surface area contributed by atoms with Crippen LogP contribution in [0, 0.1) is 5.92 Å². The zero-order valence-corrected chi connectivity index (χ0v) is 21.7. The fraction of sp³-hybridized carbons (Fsp3) is 0.667. The predicted molar refractivity (Wildman–Crippen MR) is 135 cm³/mol. The molecule has 0 unspecified atom stereocenters. The van der Waals surface area contributed by atoms with Crippen molar-refractivity contribution >= 4 is 17.8 Å². The van der Waals surface area contributed by atoms with E-state index in [0.717, 1.165) is 18.5 Å². The number of hydrogen-bond acceptors (Lipinski definition) is 7. The van der Waals surface area contributed by atoms with E-state index in [2.05, 4.69) is 10.2 Å². The van der Waals surface area contributed by atoms with Crippen molar-refractivity contribution in [3.8, 4) is 11.5 Å². The molecule has 0 aliphatic carbocycles. The van der Waals surface area contributed by atoms with Crippen LogP contribution in [0.4, 0.5) is 4.79 Å². The molecule has 202 valence electrons. The van der Waals surface area contributed by atoms with Gasteiger partial charge in [0.05, 0.1) is 13.2 Å². The molecule has 4 heterocycles. The summed E-state index contributed by atoms with van der Waals surface area (Å²) in [7, 11) is 1.65. The molecule has 5 rings (SSSR count). The maximum absolute atomic E-state index is 13.3. The first-order chi connectivity index (χ1) is 18.0. The van der Waals surface area contributed by atoms with Gasteiger partial charge in [-0.25, -0.2) is 4.79 Å². The van der Waals surface area contributed by atoms with Crippen LogP contribution in [-0.4, -0.2) is 91.3 Å². The minimum absolute atomic E-state index is 0.0150. The Labute approximate surface area is 218 Å². The third kappa shape index (κ3) is 5.85. The second-order valence-corrected chi connectivity index (χ2v) is 10.5. The standard InChI is InChI=1S/C27H38N4O6/c1-35-14-13-30(17-20-5-4-12-29-11-3-2-6-22(20)29)25(32)10-8-21-26(33)31(27(34)28-21)16-19-7-9-23-24(15-19)37-18-36-23/h7,9,15,20-22H,2-6,8,10-14,16-18H2,1H3,(H,28,34)/t20-,21+,22-/m0/s1. The van der Waals surface area contributed by atoms with Crippen LogP contribution >= 0.6 is 0 Å². The van der Waals surface area contributed by atoms with Crippen LogP contribution in [0.25, 0.3) is 0 Å². The minimum Gasteiger partial charge on any atom is -0.454 e. The molecule has 0 radical (unpaired) electrons. The van der Waals surface area contributed by atoms with Gasteiger partial charge in [0.2, 0.25) is 12.7 Å². The molecule has 0 aromatic heterocycles. The largest absolute Gasteiger partial charge is 0.454 e. The van der Waals surface area contributed by atoms with Crippen LogP contribution in [0.1, 0.15) is 50.5 Å². The summed E-state index contributed by atoms with van der Waals surface area (Å²) in [6.45, 7) is 4.39. The van der Waals surface area contributed by atoms with Gasteiger partial charge in [-0.1, -0.05) is 12.5 Å². The summed E-state index contributed by atoms with van der Waals surface area (Å²) < 4.78 is 16.0. The molecule has 0 bridgehead atoms. The number of rotatable bonds is 10. The Morgan fingerprint density at radius 3 is 2.84 bits per heavy atom. The average Bonchev–Trinajstić information content (AvgIpc) is 3.49. The Morgan fingerprint density at radius 2 is 1.97 bits per heavy atom. The minimum atomic E-state index is -0.696. The Hall–Kier alpha value is -2.85. The smallest absolute Gasteiger partial charge is 0.325 e. The molecule has 37 heavy (non-hydrogen) atoms. The van der Waals surface area contributed by atoms with Gasteiger partial charge in [0.1, 0.15) is 6.04 Å². The summed E-state index contributed by atoms with van der Waals surface area (Å²) >= 11 is 0. The van der Waals surface area contributed by atoms with E-state index in [0.29, 0.717) is 36.6 Å². The predicted octanol–water partition coefficient (Wildman–Crippen LogP) is 2.36. The lowest BCUT2D eigenvalue weighted by Crippen LogP contribution is -2.52. The molecule has 10 heteroatoms. The number of piperidine rings is 2. The Bertz CT molecular complexity index is 1000. The molecular weight excluding hydrogens is 476 g/mol. The number of urea groups is 1. The monoisotopic (exact) mass is 514 g/mol. The molecule has 3 atom stereocenters. The highest BCUT2D eigenvalue weighted by Gasteiger charge is 2.39. The maximum Gasteiger partial charge on any atom is 0.325 e. The van der Waals surface area contributed by atoms with Gasteiger partial charge >= 0.3 is 6.03 Å². The fourth-order valence-electron chi connectivity index (χ4n) is 6.16. The van der Waals surface area contributed by atoms with Gasteiger partial charge in [-0.3, -0.25) is 14.5 Å². The van der Waals surface area contributed by atoms with Gasteiger partial charge in [-0.15, -0.1) is 0 Å². The number of benzene rings is 1. The number of amides is 4. The molecule has 4 aliphatic rings. The number of ether oxygens (including phenoxy) is 3. The van der Waals surface area contributed by atoms with Crippen LogP contribution in [0.3, 0.4) is 0 Å². The van der Waals surface area contributed by atoms with Crippen LogP contribution in [0.15, 0.2) is 18.2 Å². The molecule has 1 aromatic rings. The van der Waals surface area contributed by atoms with Crippen LogP contribution in [0.2, 0.25) is 0 Å². The molecule has 0 saturated carbocycles. The van der Waals surface area contributed by atoms with E-state index >= 15 is 0 Å². The first kappa shape index (κ1) is 25.8. The summed E-state index contributed by atoms with van der Waals surface area (Å²) in [5.41, 5.74) is 0.777. The number of imide groups is 1. The normalized spacial score (nSPS) is 25.2. The van der Waals surface area contributed by atoms with Crippen LogP contribution < -0.4 is 14.8 Å². The van der Waals surface area contributed by atoms with Crippen molar-refractivity contribution < 1.29 is 28.6 Å². The Kier molecular flexibility index (Phi) is 8.14. The first-order valence-electron chi connectivity index (χ1n) is 13.5. The van der Waals surface area contributed by atoms with Gasteiger partial charge in [-0.2, -0.15) is 0 Å². The molecule has 4 amide bonds. The summed E-state index contributed by atoms with van der Waals surface area (Å²) in [6, 6.07) is 4.80. The summed E-state index contributed by atoms with van der Waals surface area (Å²) in [6.07, 6.45) is 6.54. The van der Waals surface area contributed by atoms with E-state index in [4.69, 9.17) is 14.2 Å². The van der Waals surface area contributed by atoms with Crippen molar-refractivity contribution in [3.63, 3.8) is 0 Å².